The van der Waals surface area contributed by atoms with Gasteiger partial charge in [-0.15, -0.1) is 0 Å². The number of hydrogen-bond acceptors (Lipinski definition) is 4. The lowest BCUT2D eigenvalue weighted by Gasteiger charge is -2.28. The van der Waals surface area contributed by atoms with Gasteiger partial charge in [0.15, 0.2) is 0 Å². The molecule has 0 aromatic heterocycles. The second-order valence-electron chi connectivity index (χ2n) is 5.14. The molecule has 0 radical (unpaired) electrons. The van der Waals surface area contributed by atoms with Crippen LogP contribution in [0.2, 0.25) is 5.02 Å². The number of nitro benzene ring substituents is 1. The number of ether oxygens (including phenoxy) is 1. The summed E-state index contributed by atoms with van der Waals surface area (Å²) in [5.41, 5.74) is -0.0203. The first-order valence-electron chi connectivity index (χ1n) is 6.81. The molecule has 1 aliphatic rings. The largest absolute Gasteiger partial charge is 0.381 e. The second-order valence-corrected chi connectivity index (χ2v) is 5.54. The molecule has 0 bridgehead atoms. The Balaban J connectivity index is 2.06. The van der Waals surface area contributed by atoms with E-state index in [-0.39, 0.29) is 28.2 Å². The van der Waals surface area contributed by atoms with Gasteiger partial charge in [0.25, 0.3) is 11.6 Å². The van der Waals surface area contributed by atoms with Gasteiger partial charge >= 0.3 is 0 Å². The molecule has 0 spiro atoms. The zero-order valence-electron chi connectivity index (χ0n) is 11.7. The third-order valence-corrected chi connectivity index (χ3v) is 4.06. The van der Waals surface area contributed by atoms with Crippen molar-refractivity contribution in [3.8, 4) is 0 Å². The number of nitrogens with one attached hydrogen (secondary N) is 1. The lowest BCUT2D eigenvalue weighted by atomic mass is 9.93. The SMILES string of the molecule is CC(NC(=O)c1ccc(Cl)c([N+](=O)[O-])c1)C1CCOCC1. The molecule has 1 atom stereocenters. The molecule has 1 saturated heterocycles. The van der Waals surface area contributed by atoms with E-state index in [1.807, 2.05) is 6.92 Å². The molecule has 21 heavy (non-hydrogen) atoms. The van der Waals surface area contributed by atoms with Crippen molar-refractivity contribution in [2.24, 2.45) is 5.92 Å². The maximum absolute atomic E-state index is 12.2. The standard InChI is InChI=1S/C14H17ClN2O4/c1-9(10-4-6-21-7-5-10)16-14(18)11-2-3-12(15)13(8-11)17(19)20/h2-3,8-10H,4-7H2,1H3,(H,16,18). The number of rotatable bonds is 4. The molecule has 2 rings (SSSR count). The number of halogens is 1. The van der Waals surface area contributed by atoms with E-state index in [1.165, 1.54) is 18.2 Å². The summed E-state index contributed by atoms with van der Waals surface area (Å²) in [7, 11) is 0. The second kappa shape index (κ2) is 6.87. The minimum absolute atomic E-state index is 0.00358. The first-order chi connectivity index (χ1) is 9.99. The highest BCUT2D eigenvalue weighted by molar-refractivity contribution is 6.32. The Morgan fingerprint density at radius 2 is 2.14 bits per heavy atom. The van der Waals surface area contributed by atoms with Crippen molar-refractivity contribution in [3.63, 3.8) is 0 Å². The Labute approximate surface area is 127 Å². The molecular weight excluding hydrogens is 296 g/mol. The van der Waals surface area contributed by atoms with Crippen LogP contribution in [0.15, 0.2) is 18.2 Å². The highest BCUT2D eigenvalue weighted by Gasteiger charge is 2.23. The van der Waals surface area contributed by atoms with Crippen molar-refractivity contribution < 1.29 is 14.5 Å². The Kier molecular flexibility index (Phi) is 5.14. The molecule has 1 N–H and O–H groups in total. The zero-order chi connectivity index (χ0) is 15.4. The molecule has 1 fully saturated rings. The third-order valence-electron chi connectivity index (χ3n) is 3.74. The molecule has 1 aromatic carbocycles. The minimum atomic E-state index is -0.596. The van der Waals surface area contributed by atoms with Crippen molar-refractivity contribution in [1.29, 1.82) is 0 Å². The van der Waals surface area contributed by atoms with Crippen molar-refractivity contribution in [2.75, 3.05) is 13.2 Å². The first kappa shape index (κ1) is 15.7. The van der Waals surface area contributed by atoms with Crippen LogP contribution in [-0.4, -0.2) is 30.1 Å². The lowest BCUT2D eigenvalue weighted by Crippen LogP contribution is -2.40. The topological polar surface area (TPSA) is 81.5 Å². The molecule has 114 valence electrons. The fraction of sp³-hybridized carbons (Fsp3) is 0.500. The van der Waals surface area contributed by atoms with Crippen LogP contribution in [0.3, 0.4) is 0 Å². The third kappa shape index (κ3) is 3.92. The van der Waals surface area contributed by atoms with Gasteiger partial charge in [-0.3, -0.25) is 14.9 Å². The highest BCUT2D eigenvalue weighted by Crippen LogP contribution is 2.25. The average Bonchev–Trinajstić information content (AvgIpc) is 2.48. The van der Waals surface area contributed by atoms with E-state index in [0.29, 0.717) is 19.1 Å². The number of hydrogen-bond donors (Lipinski definition) is 1. The molecule has 1 heterocycles. The maximum atomic E-state index is 12.2. The molecule has 1 aromatic rings. The molecule has 6 nitrogen and oxygen atoms in total. The van der Waals surface area contributed by atoms with Gasteiger partial charge in [-0.25, -0.2) is 0 Å². The normalized spacial score (nSPS) is 17.2. The van der Waals surface area contributed by atoms with Crippen LogP contribution >= 0.6 is 11.6 Å². The van der Waals surface area contributed by atoms with Crippen molar-refractivity contribution in [3.05, 3.63) is 38.9 Å². The first-order valence-corrected chi connectivity index (χ1v) is 7.19. The van der Waals surface area contributed by atoms with E-state index in [1.54, 1.807) is 0 Å². The monoisotopic (exact) mass is 312 g/mol. The number of carbonyl (C=O) groups excluding carboxylic acids is 1. The van der Waals surface area contributed by atoms with E-state index in [4.69, 9.17) is 16.3 Å². The van der Waals surface area contributed by atoms with Crippen LogP contribution in [0, 0.1) is 16.0 Å². The van der Waals surface area contributed by atoms with Crippen molar-refractivity contribution in [1.82, 2.24) is 5.32 Å². The van der Waals surface area contributed by atoms with Gasteiger partial charge < -0.3 is 10.1 Å². The smallest absolute Gasteiger partial charge is 0.288 e. The van der Waals surface area contributed by atoms with Crippen molar-refractivity contribution in [2.45, 2.75) is 25.8 Å². The van der Waals surface area contributed by atoms with Gasteiger partial charge in [0.1, 0.15) is 5.02 Å². The Bertz CT molecular complexity index is 544. The lowest BCUT2D eigenvalue weighted by molar-refractivity contribution is -0.384. The number of nitro groups is 1. The summed E-state index contributed by atoms with van der Waals surface area (Å²) in [6.07, 6.45) is 1.81. The molecular formula is C14H17ClN2O4. The van der Waals surface area contributed by atoms with E-state index in [9.17, 15) is 14.9 Å². The average molecular weight is 313 g/mol. The molecule has 0 saturated carbocycles. The Morgan fingerprint density at radius 1 is 1.48 bits per heavy atom. The molecule has 0 aliphatic carbocycles. The number of carbonyl (C=O) groups is 1. The summed E-state index contributed by atoms with van der Waals surface area (Å²) in [5.74, 6) is 0.0405. The van der Waals surface area contributed by atoms with Gasteiger partial charge in [0, 0.05) is 30.9 Å². The van der Waals surface area contributed by atoms with Crippen LogP contribution in [0.4, 0.5) is 5.69 Å². The summed E-state index contributed by atoms with van der Waals surface area (Å²) < 4.78 is 5.29. The number of amides is 1. The number of benzene rings is 1. The highest BCUT2D eigenvalue weighted by atomic mass is 35.5. The van der Waals surface area contributed by atoms with Gasteiger partial charge in [-0.1, -0.05) is 11.6 Å². The predicted molar refractivity (Wildman–Crippen MR) is 78.6 cm³/mol. The summed E-state index contributed by atoms with van der Waals surface area (Å²) in [6, 6.07) is 4.06. The summed E-state index contributed by atoms with van der Waals surface area (Å²) in [4.78, 5) is 22.4. The van der Waals surface area contributed by atoms with E-state index in [2.05, 4.69) is 5.32 Å². The van der Waals surface area contributed by atoms with Crippen LogP contribution in [-0.2, 0) is 4.74 Å². The molecule has 1 unspecified atom stereocenters. The van der Waals surface area contributed by atoms with Gasteiger partial charge in [-0.05, 0) is 37.8 Å². The molecule has 1 amide bonds. The van der Waals surface area contributed by atoms with E-state index in [0.717, 1.165) is 12.8 Å². The Hall–Kier alpha value is -1.66. The maximum Gasteiger partial charge on any atom is 0.288 e. The Morgan fingerprint density at radius 3 is 2.76 bits per heavy atom. The quantitative estimate of drug-likeness (QED) is 0.684. The summed E-state index contributed by atoms with van der Waals surface area (Å²) >= 11 is 5.74. The fourth-order valence-electron chi connectivity index (χ4n) is 2.42. The van der Waals surface area contributed by atoms with Crippen LogP contribution in [0.25, 0.3) is 0 Å². The summed E-state index contributed by atoms with van der Waals surface area (Å²) in [5, 5.41) is 13.8. The molecule has 1 aliphatic heterocycles. The van der Waals surface area contributed by atoms with E-state index < -0.39 is 4.92 Å². The van der Waals surface area contributed by atoms with Crippen LogP contribution in [0.1, 0.15) is 30.1 Å². The molecule has 7 heteroatoms. The van der Waals surface area contributed by atoms with E-state index >= 15 is 0 Å². The van der Waals surface area contributed by atoms with Crippen molar-refractivity contribution >= 4 is 23.2 Å². The predicted octanol–water partition coefficient (Wildman–Crippen LogP) is 2.79. The number of nitrogens with zero attached hydrogens (tertiary/aromatic N) is 1. The van der Waals surface area contributed by atoms with Crippen LogP contribution in [0.5, 0.6) is 0 Å². The zero-order valence-corrected chi connectivity index (χ0v) is 12.4. The van der Waals surface area contributed by atoms with Gasteiger partial charge in [-0.2, -0.15) is 0 Å². The van der Waals surface area contributed by atoms with Gasteiger partial charge in [0.2, 0.25) is 0 Å². The fourth-order valence-corrected chi connectivity index (χ4v) is 2.60. The van der Waals surface area contributed by atoms with Gasteiger partial charge in [0.05, 0.1) is 4.92 Å². The van der Waals surface area contributed by atoms with Crippen LogP contribution < -0.4 is 5.32 Å². The minimum Gasteiger partial charge on any atom is -0.381 e. The summed E-state index contributed by atoms with van der Waals surface area (Å²) in [6.45, 7) is 3.35.